The van der Waals surface area contributed by atoms with E-state index >= 15 is 0 Å². The Kier molecular flexibility index (Phi) is 2.79. The number of rotatable bonds is 2. The third-order valence-corrected chi connectivity index (χ3v) is 2.76. The van der Waals surface area contributed by atoms with E-state index in [1.54, 1.807) is 12.1 Å². The fourth-order valence-electron chi connectivity index (χ4n) is 1.88. The van der Waals surface area contributed by atoms with Crippen LogP contribution in [0.1, 0.15) is 16.3 Å². The van der Waals surface area contributed by atoms with Crippen LogP contribution in [-0.4, -0.2) is 25.8 Å². The number of fused-ring (bicyclic) bond motifs is 1. The zero-order valence-corrected chi connectivity index (χ0v) is 10.6. The first-order valence-electron chi connectivity index (χ1n) is 5.94. The van der Waals surface area contributed by atoms with Crippen LogP contribution in [0.5, 0.6) is 0 Å². The lowest BCUT2D eigenvalue weighted by atomic mass is 10.2. The minimum absolute atomic E-state index is 0.144. The molecule has 0 aliphatic heterocycles. The summed E-state index contributed by atoms with van der Waals surface area (Å²) in [5.41, 5.74) is 2.10. The molecule has 2 heterocycles. The topological polar surface area (TPSA) is 104 Å². The van der Waals surface area contributed by atoms with Gasteiger partial charge in [-0.1, -0.05) is 0 Å². The first-order chi connectivity index (χ1) is 9.61. The number of benzene rings is 1. The van der Waals surface area contributed by atoms with E-state index in [1.165, 1.54) is 6.20 Å². The Labute approximate surface area is 113 Å². The molecule has 100 valence electrons. The monoisotopic (exact) mass is 269 g/mol. The fourth-order valence-corrected chi connectivity index (χ4v) is 1.88. The first-order valence-corrected chi connectivity index (χ1v) is 5.94. The third-order valence-electron chi connectivity index (χ3n) is 2.76. The highest BCUT2D eigenvalue weighted by Gasteiger charge is 2.08. The van der Waals surface area contributed by atoms with Gasteiger partial charge in [0.05, 0.1) is 17.2 Å². The summed E-state index contributed by atoms with van der Waals surface area (Å²) in [6, 6.07) is 5.36. The lowest BCUT2D eigenvalue weighted by molar-refractivity contribution is 0.102. The molecule has 7 nitrogen and oxygen atoms in total. The Bertz CT molecular complexity index is 829. The van der Waals surface area contributed by atoms with Gasteiger partial charge in [-0.25, -0.2) is 9.97 Å². The molecule has 0 aliphatic rings. The molecule has 3 aromatic rings. The standard InChI is InChI=1S/C13H11N5O2/c1-7-16-9-3-2-8(4-10(9)17-7)18-13(20)11-5-15-12(19)6-14-11/h2-6H,1H3,(H,15,19)(H,16,17)(H,18,20). The van der Waals surface area contributed by atoms with Crippen LogP contribution in [0.15, 0.2) is 35.4 Å². The van der Waals surface area contributed by atoms with Gasteiger partial charge in [-0.05, 0) is 25.1 Å². The Hall–Kier alpha value is -2.96. The van der Waals surface area contributed by atoms with Crippen LogP contribution in [0.3, 0.4) is 0 Å². The number of hydrogen-bond acceptors (Lipinski definition) is 4. The zero-order valence-electron chi connectivity index (χ0n) is 10.6. The van der Waals surface area contributed by atoms with Crippen LogP contribution in [0.4, 0.5) is 5.69 Å². The normalized spacial score (nSPS) is 10.7. The average molecular weight is 269 g/mol. The van der Waals surface area contributed by atoms with Crippen LogP contribution in [0, 0.1) is 6.92 Å². The molecule has 0 spiro atoms. The lowest BCUT2D eigenvalue weighted by Crippen LogP contribution is -2.16. The Balaban J connectivity index is 1.86. The van der Waals surface area contributed by atoms with Crippen LogP contribution in [-0.2, 0) is 0 Å². The molecule has 2 aromatic heterocycles. The van der Waals surface area contributed by atoms with Gasteiger partial charge in [-0.2, -0.15) is 0 Å². The van der Waals surface area contributed by atoms with Crippen LogP contribution in [0.2, 0.25) is 0 Å². The van der Waals surface area contributed by atoms with Gasteiger partial charge in [0.15, 0.2) is 0 Å². The van der Waals surface area contributed by atoms with Crippen LogP contribution in [0.25, 0.3) is 11.0 Å². The summed E-state index contributed by atoms with van der Waals surface area (Å²) < 4.78 is 0. The van der Waals surface area contributed by atoms with Crippen molar-refractivity contribution < 1.29 is 4.79 Å². The van der Waals surface area contributed by atoms with Crippen LogP contribution >= 0.6 is 0 Å². The molecule has 20 heavy (non-hydrogen) atoms. The van der Waals surface area contributed by atoms with Crippen molar-refractivity contribution in [1.29, 1.82) is 0 Å². The molecule has 1 aromatic carbocycles. The van der Waals surface area contributed by atoms with E-state index in [4.69, 9.17) is 0 Å². The summed E-state index contributed by atoms with van der Waals surface area (Å²) >= 11 is 0. The number of amides is 1. The number of carbonyl (C=O) groups excluding carboxylic acids is 1. The second kappa shape index (κ2) is 4.61. The summed E-state index contributed by atoms with van der Waals surface area (Å²) in [5.74, 6) is 0.419. The molecule has 3 rings (SSSR count). The number of hydrogen-bond donors (Lipinski definition) is 3. The second-order valence-corrected chi connectivity index (χ2v) is 4.30. The van der Waals surface area contributed by atoms with Gasteiger partial charge in [-0.15, -0.1) is 0 Å². The van der Waals surface area contributed by atoms with Crippen molar-refractivity contribution in [3.63, 3.8) is 0 Å². The molecule has 0 saturated heterocycles. The van der Waals surface area contributed by atoms with Crippen LogP contribution < -0.4 is 10.9 Å². The summed E-state index contributed by atoms with van der Waals surface area (Å²) in [5, 5.41) is 2.71. The van der Waals surface area contributed by atoms with E-state index in [0.717, 1.165) is 23.1 Å². The van der Waals surface area contributed by atoms with Crippen molar-refractivity contribution in [2.24, 2.45) is 0 Å². The number of aromatic nitrogens is 4. The second-order valence-electron chi connectivity index (χ2n) is 4.30. The quantitative estimate of drug-likeness (QED) is 0.650. The molecule has 0 aliphatic carbocycles. The fraction of sp³-hybridized carbons (Fsp3) is 0.0769. The maximum Gasteiger partial charge on any atom is 0.275 e. The molecule has 0 radical (unpaired) electrons. The van der Waals surface area contributed by atoms with Gasteiger partial charge in [-0.3, -0.25) is 9.59 Å². The number of carbonyl (C=O) groups is 1. The Morgan fingerprint density at radius 3 is 2.95 bits per heavy atom. The minimum Gasteiger partial charge on any atom is -0.342 e. The molecule has 7 heteroatoms. The number of nitrogens with one attached hydrogen (secondary N) is 3. The largest absolute Gasteiger partial charge is 0.342 e. The average Bonchev–Trinajstić information content (AvgIpc) is 2.78. The maximum absolute atomic E-state index is 11.9. The molecular formula is C13H11N5O2. The third kappa shape index (κ3) is 2.28. The van der Waals surface area contributed by atoms with Crippen molar-refractivity contribution in [2.75, 3.05) is 5.32 Å². The zero-order chi connectivity index (χ0) is 14.1. The van der Waals surface area contributed by atoms with Gasteiger partial charge >= 0.3 is 0 Å². The predicted molar refractivity (Wildman–Crippen MR) is 73.6 cm³/mol. The summed E-state index contributed by atoms with van der Waals surface area (Å²) in [7, 11) is 0. The van der Waals surface area contributed by atoms with E-state index in [2.05, 4.69) is 25.3 Å². The Morgan fingerprint density at radius 1 is 1.35 bits per heavy atom. The number of imidazole rings is 1. The van der Waals surface area contributed by atoms with Crippen molar-refractivity contribution in [3.05, 3.63) is 52.5 Å². The predicted octanol–water partition coefficient (Wildman–Crippen LogP) is 1.21. The highest BCUT2D eigenvalue weighted by atomic mass is 16.2. The highest BCUT2D eigenvalue weighted by molar-refractivity contribution is 6.03. The molecule has 0 fully saturated rings. The van der Waals surface area contributed by atoms with Crippen molar-refractivity contribution in [1.82, 2.24) is 19.9 Å². The maximum atomic E-state index is 11.9. The summed E-state index contributed by atoms with van der Waals surface area (Å²) in [4.78, 5) is 36.4. The van der Waals surface area contributed by atoms with E-state index in [9.17, 15) is 9.59 Å². The molecular weight excluding hydrogens is 258 g/mol. The van der Waals surface area contributed by atoms with E-state index in [-0.39, 0.29) is 11.3 Å². The lowest BCUT2D eigenvalue weighted by Gasteiger charge is -2.04. The molecule has 3 N–H and O–H groups in total. The van der Waals surface area contributed by atoms with Crippen molar-refractivity contribution in [2.45, 2.75) is 6.92 Å². The highest BCUT2D eigenvalue weighted by Crippen LogP contribution is 2.17. The summed E-state index contributed by atoms with van der Waals surface area (Å²) in [6.07, 6.45) is 2.34. The molecule has 1 amide bonds. The minimum atomic E-state index is -0.392. The first kappa shape index (κ1) is 12.1. The van der Waals surface area contributed by atoms with Crippen molar-refractivity contribution >= 4 is 22.6 Å². The number of H-pyrrole nitrogens is 2. The summed E-state index contributed by atoms with van der Waals surface area (Å²) in [6.45, 7) is 1.86. The number of nitrogens with zero attached hydrogens (tertiary/aromatic N) is 2. The number of aryl methyl sites for hydroxylation is 1. The van der Waals surface area contributed by atoms with Gasteiger partial charge < -0.3 is 15.3 Å². The van der Waals surface area contributed by atoms with Gasteiger partial charge in [0.1, 0.15) is 11.5 Å². The Morgan fingerprint density at radius 2 is 2.20 bits per heavy atom. The number of anilines is 1. The van der Waals surface area contributed by atoms with Gasteiger partial charge in [0.2, 0.25) is 0 Å². The van der Waals surface area contributed by atoms with E-state index in [1.807, 2.05) is 13.0 Å². The molecule has 0 saturated carbocycles. The van der Waals surface area contributed by atoms with Gasteiger partial charge in [0, 0.05) is 11.9 Å². The number of aromatic amines is 2. The molecule has 0 bridgehead atoms. The van der Waals surface area contributed by atoms with Crippen molar-refractivity contribution in [3.8, 4) is 0 Å². The smallest absolute Gasteiger partial charge is 0.275 e. The van der Waals surface area contributed by atoms with Gasteiger partial charge in [0.25, 0.3) is 11.5 Å². The SMILES string of the molecule is Cc1nc2ccc(NC(=O)c3c[nH]c(=O)cn3)cc2[nH]1. The molecule has 0 atom stereocenters. The van der Waals surface area contributed by atoms with E-state index < -0.39 is 5.91 Å². The molecule has 0 unspecified atom stereocenters. The van der Waals surface area contributed by atoms with E-state index in [0.29, 0.717) is 5.69 Å².